The first-order chi connectivity index (χ1) is 6.75. The lowest BCUT2D eigenvalue weighted by molar-refractivity contribution is 0.312. The molecular weight excluding hydrogens is 180 g/mol. The molecule has 1 N–H and O–H groups in total. The largest absolute Gasteiger partial charge is 0.368 e. The van der Waals surface area contributed by atoms with Gasteiger partial charge < -0.3 is 9.80 Å². The van der Waals surface area contributed by atoms with Crippen LogP contribution in [0.25, 0.3) is 0 Å². The zero-order valence-electron chi connectivity index (χ0n) is 8.23. The molecule has 1 aromatic heterocycles. The molecule has 0 bridgehead atoms. The number of nitrogens with one attached hydrogen (secondary N) is 1. The van der Waals surface area contributed by atoms with Crippen molar-refractivity contribution in [1.82, 2.24) is 15.1 Å². The van der Waals surface area contributed by atoms with Gasteiger partial charge in [0.2, 0.25) is 0 Å². The lowest BCUT2D eigenvalue weighted by atomic mass is 10.3. The van der Waals surface area contributed by atoms with Crippen molar-refractivity contribution >= 4 is 5.69 Å². The summed E-state index contributed by atoms with van der Waals surface area (Å²) in [5, 5.41) is 6.16. The molecule has 2 heterocycles. The molecule has 1 fully saturated rings. The summed E-state index contributed by atoms with van der Waals surface area (Å²) >= 11 is 0. The van der Waals surface area contributed by atoms with Crippen LogP contribution in [-0.4, -0.2) is 48.3 Å². The van der Waals surface area contributed by atoms with Gasteiger partial charge in [-0.25, -0.2) is 5.10 Å². The van der Waals surface area contributed by atoms with Crippen LogP contribution in [0.1, 0.15) is 0 Å². The fourth-order valence-electron chi connectivity index (χ4n) is 1.60. The number of anilines is 1. The second-order valence-corrected chi connectivity index (χ2v) is 3.59. The van der Waals surface area contributed by atoms with Crippen LogP contribution in [0, 0.1) is 0 Å². The zero-order valence-corrected chi connectivity index (χ0v) is 8.23. The van der Waals surface area contributed by atoms with Crippen molar-refractivity contribution < 1.29 is 0 Å². The van der Waals surface area contributed by atoms with Gasteiger partial charge in [0.25, 0.3) is 5.56 Å². The van der Waals surface area contributed by atoms with Crippen molar-refractivity contribution in [1.29, 1.82) is 0 Å². The van der Waals surface area contributed by atoms with Crippen LogP contribution in [0.4, 0.5) is 5.69 Å². The summed E-state index contributed by atoms with van der Waals surface area (Å²) in [4.78, 5) is 15.5. The first-order valence-corrected chi connectivity index (χ1v) is 4.74. The highest BCUT2D eigenvalue weighted by Crippen LogP contribution is 2.11. The molecule has 0 aliphatic carbocycles. The van der Waals surface area contributed by atoms with Gasteiger partial charge in [0.05, 0.1) is 11.9 Å². The molecule has 0 radical (unpaired) electrons. The van der Waals surface area contributed by atoms with Crippen molar-refractivity contribution in [2.24, 2.45) is 0 Å². The van der Waals surface area contributed by atoms with Crippen molar-refractivity contribution in [2.75, 3.05) is 38.1 Å². The summed E-state index contributed by atoms with van der Waals surface area (Å²) in [7, 11) is 2.10. The molecule has 1 aromatic rings. The Kier molecular flexibility index (Phi) is 2.49. The van der Waals surface area contributed by atoms with Crippen LogP contribution in [0.5, 0.6) is 0 Å². The number of rotatable bonds is 1. The number of H-pyrrole nitrogens is 1. The minimum Gasteiger partial charge on any atom is -0.368 e. The molecule has 1 saturated heterocycles. The summed E-state index contributed by atoms with van der Waals surface area (Å²) in [5.74, 6) is 0. The maximum Gasteiger partial charge on any atom is 0.266 e. The van der Waals surface area contributed by atoms with Gasteiger partial charge in [0, 0.05) is 32.2 Å². The maximum atomic E-state index is 11.0. The first kappa shape index (κ1) is 9.21. The average Bonchev–Trinajstić information content (AvgIpc) is 2.19. The molecule has 76 valence electrons. The lowest BCUT2D eigenvalue weighted by Crippen LogP contribution is -2.44. The number of piperazine rings is 1. The van der Waals surface area contributed by atoms with E-state index in [-0.39, 0.29) is 5.56 Å². The monoisotopic (exact) mass is 194 g/mol. The highest BCUT2D eigenvalue weighted by molar-refractivity contribution is 5.43. The van der Waals surface area contributed by atoms with Gasteiger partial charge in [-0.15, -0.1) is 0 Å². The molecule has 2 rings (SSSR count). The molecule has 0 saturated carbocycles. The van der Waals surface area contributed by atoms with E-state index in [1.807, 2.05) is 0 Å². The van der Waals surface area contributed by atoms with Crippen LogP contribution < -0.4 is 10.5 Å². The summed E-state index contributed by atoms with van der Waals surface area (Å²) in [6.45, 7) is 3.99. The van der Waals surface area contributed by atoms with Gasteiger partial charge in [0.1, 0.15) is 0 Å². The van der Waals surface area contributed by atoms with E-state index in [2.05, 4.69) is 27.0 Å². The van der Waals surface area contributed by atoms with Crippen LogP contribution >= 0.6 is 0 Å². The molecule has 5 heteroatoms. The van der Waals surface area contributed by atoms with E-state index in [0.29, 0.717) is 0 Å². The van der Waals surface area contributed by atoms with Gasteiger partial charge in [-0.05, 0) is 7.05 Å². The van der Waals surface area contributed by atoms with Crippen LogP contribution in [0.15, 0.2) is 17.1 Å². The van der Waals surface area contributed by atoms with Crippen molar-refractivity contribution in [3.8, 4) is 0 Å². The molecule has 5 nitrogen and oxygen atoms in total. The minimum absolute atomic E-state index is 0.138. The Morgan fingerprint density at radius 3 is 2.71 bits per heavy atom. The second kappa shape index (κ2) is 3.79. The van der Waals surface area contributed by atoms with Gasteiger partial charge >= 0.3 is 0 Å². The van der Waals surface area contributed by atoms with E-state index in [4.69, 9.17) is 0 Å². The molecule has 0 unspecified atom stereocenters. The summed E-state index contributed by atoms with van der Waals surface area (Å²) in [6, 6.07) is 1.60. The quantitative estimate of drug-likeness (QED) is 0.656. The summed E-state index contributed by atoms with van der Waals surface area (Å²) < 4.78 is 0. The third-order valence-corrected chi connectivity index (χ3v) is 2.52. The molecular formula is C9H14N4O. The Balaban J connectivity index is 2.12. The van der Waals surface area contributed by atoms with Gasteiger partial charge in [-0.2, -0.15) is 5.10 Å². The average molecular weight is 194 g/mol. The molecule has 14 heavy (non-hydrogen) atoms. The summed E-state index contributed by atoms with van der Waals surface area (Å²) in [6.07, 6.45) is 1.70. The third-order valence-electron chi connectivity index (χ3n) is 2.52. The summed E-state index contributed by atoms with van der Waals surface area (Å²) in [5.41, 5.74) is 0.781. The van der Waals surface area contributed by atoms with Crippen molar-refractivity contribution in [3.63, 3.8) is 0 Å². The van der Waals surface area contributed by atoms with Crippen molar-refractivity contribution in [2.45, 2.75) is 0 Å². The predicted octanol–water partition coefficient (Wildman–Crippen LogP) is -0.478. The van der Waals surface area contributed by atoms with E-state index in [0.717, 1.165) is 31.9 Å². The van der Waals surface area contributed by atoms with E-state index >= 15 is 0 Å². The fourth-order valence-corrected chi connectivity index (χ4v) is 1.60. The predicted molar refractivity (Wildman–Crippen MR) is 54.6 cm³/mol. The lowest BCUT2D eigenvalue weighted by Gasteiger charge is -2.33. The number of aromatic amines is 1. The van der Waals surface area contributed by atoms with E-state index in [1.54, 1.807) is 12.3 Å². The fraction of sp³-hybridized carbons (Fsp3) is 0.556. The SMILES string of the molecule is CN1CCN(c2cn[nH]c(=O)c2)CC1. The zero-order chi connectivity index (χ0) is 9.97. The van der Waals surface area contributed by atoms with Gasteiger partial charge in [-0.3, -0.25) is 4.79 Å². The Bertz CT molecular complexity index is 354. The molecule has 1 aliphatic rings. The topological polar surface area (TPSA) is 52.2 Å². The number of hydrogen-bond donors (Lipinski definition) is 1. The number of hydrogen-bond acceptors (Lipinski definition) is 4. The molecule has 0 atom stereocenters. The smallest absolute Gasteiger partial charge is 0.266 e. The first-order valence-electron chi connectivity index (χ1n) is 4.74. The number of likely N-dealkylation sites (N-methyl/N-ethyl adjacent to an activating group) is 1. The molecule has 1 aliphatic heterocycles. The number of nitrogens with zero attached hydrogens (tertiary/aromatic N) is 3. The second-order valence-electron chi connectivity index (χ2n) is 3.59. The normalized spacial score (nSPS) is 18.5. The molecule has 0 amide bonds. The van der Waals surface area contributed by atoms with Crippen LogP contribution in [0.3, 0.4) is 0 Å². The van der Waals surface area contributed by atoms with Crippen LogP contribution in [-0.2, 0) is 0 Å². The third kappa shape index (κ3) is 1.93. The highest BCUT2D eigenvalue weighted by atomic mass is 16.1. The maximum absolute atomic E-state index is 11.0. The minimum atomic E-state index is -0.138. The van der Waals surface area contributed by atoms with Crippen molar-refractivity contribution in [3.05, 3.63) is 22.6 Å². The van der Waals surface area contributed by atoms with Crippen LogP contribution in [0.2, 0.25) is 0 Å². The Morgan fingerprint density at radius 2 is 2.07 bits per heavy atom. The van der Waals surface area contributed by atoms with E-state index in [9.17, 15) is 4.79 Å². The van der Waals surface area contributed by atoms with E-state index in [1.165, 1.54) is 0 Å². The number of aromatic nitrogens is 2. The standard InChI is InChI=1S/C9H14N4O/c1-12-2-4-13(5-3-12)8-6-9(14)11-10-7-8/h6-7H,2-5H2,1H3,(H,11,14). The Labute approximate surface area is 82.3 Å². The van der Waals surface area contributed by atoms with Gasteiger partial charge in [-0.1, -0.05) is 0 Å². The Hall–Kier alpha value is -1.36. The Morgan fingerprint density at radius 1 is 1.36 bits per heavy atom. The van der Waals surface area contributed by atoms with Gasteiger partial charge in [0.15, 0.2) is 0 Å². The molecule has 0 aromatic carbocycles. The highest BCUT2D eigenvalue weighted by Gasteiger charge is 2.14. The van der Waals surface area contributed by atoms with E-state index < -0.39 is 0 Å². The molecule has 0 spiro atoms.